The molecule has 0 aliphatic heterocycles. The van der Waals surface area contributed by atoms with E-state index in [1.807, 2.05) is 13.8 Å². The van der Waals surface area contributed by atoms with Gasteiger partial charge in [0.25, 0.3) is 10.1 Å². The fourth-order valence-electron chi connectivity index (χ4n) is 7.76. The van der Waals surface area contributed by atoms with E-state index in [2.05, 4.69) is 27.4 Å². The van der Waals surface area contributed by atoms with Crippen LogP contribution in [0.15, 0.2) is 41.8 Å². The number of carbonyl (C=O) groups is 2. The highest BCUT2D eigenvalue weighted by Crippen LogP contribution is 2.67. The number of aliphatic hydroxyl groups excluding tert-OH is 1. The van der Waals surface area contributed by atoms with Crippen LogP contribution in [0.5, 0.6) is 0 Å². The lowest BCUT2D eigenvalue weighted by Crippen LogP contribution is -2.64. The number of aryl methyl sites for hydroxylation is 1. The second kappa shape index (κ2) is 10.2. The Balaban J connectivity index is 1.66. The van der Waals surface area contributed by atoms with Gasteiger partial charge in [0, 0.05) is 23.7 Å². The lowest BCUT2D eigenvalue weighted by atomic mass is 9.40. The zero-order valence-corrected chi connectivity index (χ0v) is 24.1. The Morgan fingerprint density at radius 1 is 1.18 bits per heavy atom. The first-order valence-electron chi connectivity index (χ1n) is 13.7. The molecule has 3 aliphatic rings. The van der Waals surface area contributed by atoms with Crippen molar-refractivity contribution in [3.8, 4) is 0 Å². The largest absolute Gasteiger partial charge is 0.460 e. The fraction of sp³-hybridized carbons (Fsp3) is 0.667. The summed E-state index contributed by atoms with van der Waals surface area (Å²) in [6, 6.07) is 6.20. The number of aliphatic hydroxyl groups is 1. The van der Waals surface area contributed by atoms with E-state index in [0.717, 1.165) is 18.4 Å². The van der Waals surface area contributed by atoms with Crippen molar-refractivity contribution in [1.82, 2.24) is 0 Å². The van der Waals surface area contributed by atoms with Crippen LogP contribution in [0.1, 0.15) is 71.8 Å². The second-order valence-corrected chi connectivity index (χ2v) is 14.1. The molecule has 210 valence electrons. The van der Waals surface area contributed by atoms with Gasteiger partial charge in [0.15, 0.2) is 6.61 Å². The van der Waals surface area contributed by atoms with Gasteiger partial charge >= 0.3 is 5.97 Å². The average molecular weight is 547 g/mol. The Hall–Kier alpha value is -2.03. The van der Waals surface area contributed by atoms with E-state index in [4.69, 9.17) is 8.92 Å². The minimum atomic E-state index is -4.14. The molecule has 0 heterocycles. The number of ketones is 1. The molecule has 0 amide bonds. The number of rotatable bonds is 6. The number of carbonyl (C=O) groups excluding carboxylic acids is 2. The second-order valence-electron chi connectivity index (χ2n) is 12.5. The molecule has 7 nitrogen and oxygen atoms in total. The topological polar surface area (TPSA) is 107 Å². The van der Waals surface area contributed by atoms with Crippen molar-refractivity contribution < 1.29 is 32.0 Å². The van der Waals surface area contributed by atoms with Crippen molar-refractivity contribution in [2.75, 3.05) is 6.61 Å². The number of benzene rings is 1. The van der Waals surface area contributed by atoms with Gasteiger partial charge < -0.3 is 9.84 Å². The van der Waals surface area contributed by atoms with Crippen LogP contribution in [0.25, 0.3) is 0 Å². The summed E-state index contributed by atoms with van der Waals surface area (Å²) < 4.78 is 36.5. The maximum absolute atomic E-state index is 13.2. The standard InChI is InChI=1S/C30H42O7S/c1-7-28(5)17-25(37-26(32)18-36-38(34,35)23-10-8-19(2)9-11-23)29(6)20(3)12-14-30(21(4)27(28)33)15-13-22(31)16-24(29)30/h7-11,20-21,24-25,27,33H,1,12-18H2,2-6H3/t20?,21-,24?,25+,27-,28+,29+,30-/m0/s1. The molecule has 1 aromatic rings. The van der Waals surface area contributed by atoms with Crippen molar-refractivity contribution >= 4 is 21.9 Å². The van der Waals surface area contributed by atoms with Crippen LogP contribution in [-0.4, -0.2) is 44.1 Å². The predicted molar refractivity (Wildman–Crippen MR) is 144 cm³/mol. The smallest absolute Gasteiger partial charge is 0.333 e. The monoisotopic (exact) mass is 546 g/mol. The lowest BCUT2D eigenvalue weighted by Gasteiger charge is -2.65. The fourth-order valence-corrected chi connectivity index (χ4v) is 8.62. The number of hydrogen-bond acceptors (Lipinski definition) is 7. The van der Waals surface area contributed by atoms with Crippen molar-refractivity contribution in [2.45, 2.75) is 90.2 Å². The highest BCUT2D eigenvalue weighted by Gasteiger charge is 2.65. The summed E-state index contributed by atoms with van der Waals surface area (Å²) in [4.78, 5) is 25.9. The Labute approximate surface area is 227 Å². The summed E-state index contributed by atoms with van der Waals surface area (Å²) in [5.41, 5.74) is -0.633. The van der Waals surface area contributed by atoms with Crippen LogP contribution in [-0.2, 0) is 28.6 Å². The molecule has 4 rings (SSSR count). The summed E-state index contributed by atoms with van der Waals surface area (Å²) in [6.45, 7) is 13.4. The van der Waals surface area contributed by atoms with Crippen molar-refractivity contribution in [3.63, 3.8) is 0 Å². The number of Topliss-reactive ketones (excluding diaryl/α,β-unsaturated/α-hetero) is 1. The molecule has 3 saturated carbocycles. The molecule has 2 bridgehead atoms. The molecule has 3 fully saturated rings. The zero-order valence-electron chi connectivity index (χ0n) is 23.2. The lowest BCUT2D eigenvalue weighted by molar-refractivity contribution is -0.223. The minimum Gasteiger partial charge on any atom is -0.460 e. The van der Waals surface area contributed by atoms with Crippen LogP contribution in [0.4, 0.5) is 0 Å². The predicted octanol–water partition coefficient (Wildman–Crippen LogP) is 5.00. The van der Waals surface area contributed by atoms with Crippen LogP contribution < -0.4 is 0 Å². The quantitative estimate of drug-likeness (QED) is 0.304. The van der Waals surface area contributed by atoms with Crippen LogP contribution in [0.2, 0.25) is 0 Å². The molecule has 1 aromatic carbocycles. The van der Waals surface area contributed by atoms with Crippen molar-refractivity contribution in [3.05, 3.63) is 42.5 Å². The highest BCUT2D eigenvalue weighted by atomic mass is 32.2. The number of hydrogen-bond donors (Lipinski definition) is 1. The first kappa shape index (κ1) is 29.0. The Morgan fingerprint density at radius 2 is 1.84 bits per heavy atom. The third-order valence-electron chi connectivity index (χ3n) is 10.6. The average Bonchev–Trinajstić information content (AvgIpc) is 2.88. The first-order valence-corrected chi connectivity index (χ1v) is 15.1. The maximum atomic E-state index is 13.2. The molecule has 3 aliphatic carbocycles. The molecule has 0 spiro atoms. The molecule has 8 atom stereocenters. The molecule has 1 N–H and O–H groups in total. The molecule has 8 heteroatoms. The zero-order chi connectivity index (χ0) is 28.1. The van der Waals surface area contributed by atoms with Gasteiger partial charge in [-0.15, -0.1) is 6.58 Å². The molecule has 0 radical (unpaired) electrons. The normalized spacial score (nSPS) is 39.4. The highest BCUT2D eigenvalue weighted by molar-refractivity contribution is 7.86. The summed E-state index contributed by atoms with van der Waals surface area (Å²) >= 11 is 0. The number of ether oxygens (including phenoxy) is 1. The van der Waals surface area contributed by atoms with Crippen LogP contribution >= 0.6 is 0 Å². The van der Waals surface area contributed by atoms with Gasteiger partial charge in [0.05, 0.1) is 11.0 Å². The van der Waals surface area contributed by atoms with Gasteiger partial charge in [-0.1, -0.05) is 51.5 Å². The summed E-state index contributed by atoms with van der Waals surface area (Å²) in [6.07, 6.45) is 4.10. The van der Waals surface area contributed by atoms with Gasteiger partial charge in [-0.05, 0) is 67.9 Å². The van der Waals surface area contributed by atoms with E-state index in [1.165, 1.54) is 12.1 Å². The van der Waals surface area contributed by atoms with Gasteiger partial charge in [0.1, 0.15) is 11.9 Å². The van der Waals surface area contributed by atoms with E-state index in [9.17, 15) is 23.1 Å². The van der Waals surface area contributed by atoms with Crippen molar-refractivity contribution in [1.29, 1.82) is 0 Å². The molecular weight excluding hydrogens is 504 g/mol. The summed E-state index contributed by atoms with van der Waals surface area (Å²) in [5.74, 6) is -0.550. The molecule has 2 unspecified atom stereocenters. The third kappa shape index (κ3) is 4.77. The molecule has 0 aromatic heterocycles. The Kier molecular flexibility index (Phi) is 7.76. The van der Waals surface area contributed by atoms with Gasteiger partial charge in [-0.2, -0.15) is 8.42 Å². The minimum absolute atomic E-state index is 0.0310. The van der Waals surface area contributed by atoms with Crippen LogP contribution in [0.3, 0.4) is 0 Å². The van der Waals surface area contributed by atoms with E-state index < -0.39 is 45.7 Å². The summed E-state index contributed by atoms with van der Waals surface area (Å²) in [7, 11) is -4.14. The van der Waals surface area contributed by atoms with Crippen molar-refractivity contribution in [2.24, 2.45) is 34.0 Å². The van der Waals surface area contributed by atoms with Crippen LogP contribution in [0, 0.1) is 40.9 Å². The molecule has 38 heavy (non-hydrogen) atoms. The number of esters is 1. The Morgan fingerprint density at radius 3 is 2.47 bits per heavy atom. The summed E-state index contributed by atoms with van der Waals surface area (Å²) in [5, 5.41) is 11.7. The van der Waals surface area contributed by atoms with E-state index in [-0.39, 0.29) is 33.8 Å². The van der Waals surface area contributed by atoms with E-state index in [1.54, 1.807) is 18.2 Å². The first-order chi connectivity index (χ1) is 17.7. The maximum Gasteiger partial charge on any atom is 0.333 e. The molecular formula is C30H42O7S. The Bertz CT molecular complexity index is 1190. The van der Waals surface area contributed by atoms with E-state index in [0.29, 0.717) is 25.7 Å². The van der Waals surface area contributed by atoms with Gasteiger partial charge in [-0.3, -0.25) is 8.98 Å². The SMILES string of the molecule is C=C[C@]1(C)C[C@@H](OC(=O)COS(=O)(=O)c2ccc(C)cc2)[C@]2(C)C(C)CC[C@]3(CCC(=O)CC32)[C@@H](C)[C@@H]1O. The van der Waals surface area contributed by atoms with Gasteiger partial charge in [0.2, 0.25) is 0 Å². The van der Waals surface area contributed by atoms with E-state index >= 15 is 0 Å². The molecule has 0 saturated heterocycles. The third-order valence-corrected chi connectivity index (χ3v) is 11.9. The van der Waals surface area contributed by atoms with Gasteiger partial charge in [-0.25, -0.2) is 4.79 Å².